The van der Waals surface area contributed by atoms with Crippen LogP contribution in [0.3, 0.4) is 0 Å². The molecule has 3 heterocycles. The van der Waals surface area contributed by atoms with Gasteiger partial charge in [0, 0.05) is 12.6 Å². The zero-order valence-corrected chi connectivity index (χ0v) is 20.7. The number of ether oxygens (including phenoxy) is 1. The number of rotatable bonds is 8. The predicted octanol–water partition coefficient (Wildman–Crippen LogP) is 2.06. The monoisotopic (exact) mass is 532 g/mol. The maximum Gasteiger partial charge on any atom is 0.277 e. The molecular formula is C27H28N6O6. The normalized spacial score (nSPS) is 15.6. The Morgan fingerprint density at radius 1 is 1.08 bits per heavy atom. The molecule has 7 N–H and O–H groups in total. The average molecular weight is 533 g/mol. The third-order valence-corrected chi connectivity index (χ3v) is 6.43. The number of aromatic nitrogens is 3. The van der Waals surface area contributed by atoms with Crippen LogP contribution in [0.25, 0.3) is 0 Å². The van der Waals surface area contributed by atoms with E-state index in [2.05, 4.69) is 25.6 Å². The second kappa shape index (κ2) is 11.5. The van der Waals surface area contributed by atoms with Crippen molar-refractivity contribution in [3.05, 3.63) is 106 Å². The Kier molecular flexibility index (Phi) is 7.70. The number of hydrogen-bond donors (Lipinski definition) is 7. The number of carbonyl (C=O) groups excluding carboxylic acids is 1. The molecule has 1 aliphatic heterocycles. The number of anilines is 2. The summed E-state index contributed by atoms with van der Waals surface area (Å²) >= 11 is 0. The topological polar surface area (TPSA) is 176 Å². The highest BCUT2D eigenvalue weighted by Crippen LogP contribution is 2.26. The molecule has 202 valence electrons. The average Bonchev–Trinajstić information content (AvgIpc) is 3.44. The van der Waals surface area contributed by atoms with Gasteiger partial charge in [-0.3, -0.25) is 19.8 Å². The van der Waals surface area contributed by atoms with Gasteiger partial charge < -0.3 is 35.3 Å². The summed E-state index contributed by atoms with van der Waals surface area (Å²) in [5.74, 6) is -1.34. The molecule has 4 aromatic rings. The number of H-pyrrole nitrogens is 2. The third kappa shape index (κ3) is 5.68. The van der Waals surface area contributed by atoms with E-state index in [1.54, 1.807) is 0 Å². The Bertz CT molecular complexity index is 1430. The van der Waals surface area contributed by atoms with Gasteiger partial charge in [0.25, 0.3) is 5.91 Å². The van der Waals surface area contributed by atoms with Crippen molar-refractivity contribution in [2.45, 2.75) is 24.9 Å². The number of nitrogens with one attached hydrogen (secondary N) is 4. The molecule has 0 bridgehead atoms. The number of imidazole rings is 1. The molecular weight excluding hydrogens is 504 g/mol. The lowest BCUT2D eigenvalue weighted by Gasteiger charge is -2.38. The lowest BCUT2D eigenvalue weighted by atomic mass is 9.98. The zero-order chi connectivity index (χ0) is 27.4. The highest BCUT2D eigenvalue weighted by Gasteiger charge is 2.33. The molecule has 0 spiro atoms. The van der Waals surface area contributed by atoms with E-state index in [-0.39, 0.29) is 35.8 Å². The summed E-state index contributed by atoms with van der Waals surface area (Å²) < 4.78 is 5.57. The number of benzene rings is 2. The quantitative estimate of drug-likeness (QED) is 0.167. The first-order chi connectivity index (χ1) is 18.9. The van der Waals surface area contributed by atoms with Gasteiger partial charge in [-0.2, -0.15) is 0 Å². The first kappa shape index (κ1) is 26.1. The highest BCUT2D eigenvalue weighted by atomic mass is 16.5. The number of hydrogen-bond acceptors (Lipinski definition) is 9. The Hall–Kier alpha value is -4.49. The van der Waals surface area contributed by atoms with E-state index in [4.69, 9.17) is 4.74 Å². The first-order valence-electron chi connectivity index (χ1n) is 12.3. The Labute approximate surface area is 222 Å². The molecule has 1 fully saturated rings. The standard InChI is InChI=1S/C27H28N6O6/c34-23-18(30-27-29-14-19(31-27)26(37)38)13-28-22(24(23)35)25(36)33-15-39-12-11-20(33)32-21(16-7-3-1-4-8-16)17-9-5-2-6-10-17/h1-10,13-14,20-21,26,32,35,37-38H,11-12,15H2,(H,28,34)(H2,29,30,31)/t20-/m0/s1. The van der Waals surface area contributed by atoms with Crippen LogP contribution in [0.2, 0.25) is 0 Å². The summed E-state index contributed by atoms with van der Waals surface area (Å²) in [4.78, 5) is 37.1. The van der Waals surface area contributed by atoms with Gasteiger partial charge in [0.1, 0.15) is 12.4 Å². The van der Waals surface area contributed by atoms with Gasteiger partial charge in [0.05, 0.1) is 30.7 Å². The van der Waals surface area contributed by atoms with Crippen LogP contribution in [0.4, 0.5) is 11.6 Å². The molecule has 1 atom stereocenters. The van der Waals surface area contributed by atoms with Crippen LogP contribution in [0.15, 0.2) is 77.9 Å². The van der Waals surface area contributed by atoms with Gasteiger partial charge in [-0.1, -0.05) is 60.7 Å². The van der Waals surface area contributed by atoms with Gasteiger partial charge in [-0.25, -0.2) is 4.98 Å². The minimum Gasteiger partial charge on any atom is -0.502 e. The van der Waals surface area contributed by atoms with Crippen molar-refractivity contribution in [3.8, 4) is 5.75 Å². The van der Waals surface area contributed by atoms with E-state index in [1.807, 2.05) is 60.7 Å². The van der Waals surface area contributed by atoms with Gasteiger partial charge in [-0.05, 0) is 11.1 Å². The van der Waals surface area contributed by atoms with Crippen molar-refractivity contribution in [2.75, 3.05) is 18.7 Å². The van der Waals surface area contributed by atoms with Crippen molar-refractivity contribution in [2.24, 2.45) is 0 Å². The number of nitrogens with zero attached hydrogens (tertiary/aromatic N) is 2. The molecule has 0 radical (unpaired) electrons. The number of amides is 1. The largest absolute Gasteiger partial charge is 0.502 e. The van der Waals surface area contributed by atoms with Crippen LogP contribution >= 0.6 is 0 Å². The van der Waals surface area contributed by atoms with Crippen molar-refractivity contribution < 1.29 is 24.9 Å². The summed E-state index contributed by atoms with van der Waals surface area (Å²) in [5, 5.41) is 35.3. The van der Waals surface area contributed by atoms with Crippen molar-refractivity contribution in [3.63, 3.8) is 0 Å². The number of aliphatic hydroxyl groups is 2. The highest BCUT2D eigenvalue weighted by molar-refractivity contribution is 5.95. The van der Waals surface area contributed by atoms with Gasteiger partial charge >= 0.3 is 0 Å². The molecule has 0 aliphatic carbocycles. The molecule has 5 rings (SSSR count). The van der Waals surface area contributed by atoms with E-state index < -0.39 is 29.5 Å². The van der Waals surface area contributed by atoms with Gasteiger partial charge in [0.15, 0.2) is 17.7 Å². The molecule has 1 aliphatic rings. The maximum atomic E-state index is 13.6. The Morgan fingerprint density at radius 2 is 1.74 bits per heavy atom. The van der Waals surface area contributed by atoms with E-state index in [0.717, 1.165) is 11.1 Å². The molecule has 1 amide bonds. The summed E-state index contributed by atoms with van der Waals surface area (Å²) in [7, 11) is 0. The predicted molar refractivity (Wildman–Crippen MR) is 141 cm³/mol. The van der Waals surface area contributed by atoms with Gasteiger partial charge in [0.2, 0.25) is 11.4 Å². The number of aromatic amines is 2. The minimum absolute atomic E-state index is 0.0119. The fraction of sp³-hybridized carbons (Fsp3) is 0.222. The van der Waals surface area contributed by atoms with E-state index in [9.17, 15) is 24.9 Å². The summed E-state index contributed by atoms with van der Waals surface area (Å²) in [6.45, 7) is 0.393. The molecule has 2 aromatic heterocycles. The van der Waals surface area contributed by atoms with Crippen molar-refractivity contribution >= 4 is 17.5 Å². The molecule has 1 saturated heterocycles. The van der Waals surface area contributed by atoms with E-state index in [0.29, 0.717) is 13.0 Å². The lowest BCUT2D eigenvalue weighted by Crippen LogP contribution is -2.54. The maximum absolute atomic E-state index is 13.6. The molecule has 0 saturated carbocycles. The number of aliphatic hydroxyl groups excluding tert-OH is 1. The van der Waals surface area contributed by atoms with Crippen molar-refractivity contribution in [1.29, 1.82) is 0 Å². The van der Waals surface area contributed by atoms with Crippen LogP contribution < -0.4 is 16.1 Å². The van der Waals surface area contributed by atoms with Crippen LogP contribution in [0, 0.1) is 0 Å². The van der Waals surface area contributed by atoms with E-state index in [1.165, 1.54) is 17.3 Å². The van der Waals surface area contributed by atoms with Crippen molar-refractivity contribution in [1.82, 2.24) is 25.2 Å². The first-order valence-corrected chi connectivity index (χ1v) is 12.3. The van der Waals surface area contributed by atoms with Crippen LogP contribution in [-0.2, 0) is 4.74 Å². The fourth-order valence-corrected chi connectivity index (χ4v) is 4.42. The Morgan fingerprint density at radius 3 is 2.36 bits per heavy atom. The number of carbonyl (C=O) groups is 1. The van der Waals surface area contributed by atoms with Crippen LogP contribution in [-0.4, -0.2) is 60.6 Å². The lowest BCUT2D eigenvalue weighted by molar-refractivity contribution is -0.0456. The smallest absolute Gasteiger partial charge is 0.277 e. The second-order valence-electron chi connectivity index (χ2n) is 8.98. The molecule has 0 unspecified atom stereocenters. The number of pyridine rings is 1. The Balaban J connectivity index is 1.39. The zero-order valence-electron chi connectivity index (χ0n) is 20.7. The molecule has 12 nitrogen and oxygen atoms in total. The molecule has 39 heavy (non-hydrogen) atoms. The fourth-order valence-electron chi connectivity index (χ4n) is 4.42. The minimum atomic E-state index is -1.77. The van der Waals surface area contributed by atoms with Crippen LogP contribution in [0.5, 0.6) is 5.75 Å². The molecule has 12 heteroatoms. The molecule has 2 aromatic carbocycles. The summed E-state index contributed by atoms with van der Waals surface area (Å²) in [5.41, 5.74) is 0.819. The van der Waals surface area contributed by atoms with Crippen LogP contribution in [0.1, 0.15) is 46.1 Å². The third-order valence-electron chi connectivity index (χ3n) is 6.43. The van der Waals surface area contributed by atoms with E-state index >= 15 is 0 Å². The summed E-state index contributed by atoms with van der Waals surface area (Å²) in [6.07, 6.45) is 0.682. The SMILES string of the molecule is O=C(c1[nH]cc(Nc2ncc(C(O)O)[nH]2)c(=O)c1O)N1COCC[C@H]1NC(c1ccccc1)c1ccccc1. The summed E-state index contributed by atoms with van der Waals surface area (Å²) in [6, 6.07) is 19.5. The number of aromatic hydroxyl groups is 1. The second-order valence-corrected chi connectivity index (χ2v) is 8.98. The van der Waals surface area contributed by atoms with Gasteiger partial charge in [-0.15, -0.1) is 0 Å².